The Labute approximate surface area is 139 Å². The van der Waals surface area contributed by atoms with Crippen LogP contribution in [0.4, 0.5) is 5.69 Å². The molecule has 24 heavy (non-hydrogen) atoms. The number of para-hydroxylation sites is 1. The molecule has 128 valence electrons. The summed E-state index contributed by atoms with van der Waals surface area (Å²) in [6.45, 7) is 3.34. The van der Waals surface area contributed by atoms with Crippen LogP contribution in [0.15, 0.2) is 41.4 Å². The Morgan fingerprint density at radius 3 is 2.42 bits per heavy atom. The van der Waals surface area contributed by atoms with E-state index in [4.69, 9.17) is 9.47 Å². The van der Waals surface area contributed by atoms with E-state index in [9.17, 15) is 19.8 Å². The van der Waals surface area contributed by atoms with Crippen LogP contribution >= 0.6 is 0 Å². The summed E-state index contributed by atoms with van der Waals surface area (Å²) in [5, 5.41) is 20.7. The summed E-state index contributed by atoms with van der Waals surface area (Å²) in [6.07, 6.45) is 0. The van der Waals surface area contributed by atoms with Gasteiger partial charge < -0.3 is 24.6 Å². The molecule has 1 aliphatic heterocycles. The highest BCUT2D eigenvalue weighted by atomic mass is 16.6. The van der Waals surface area contributed by atoms with Gasteiger partial charge in [0.1, 0.15) is 16.9 Å². The van der Waals surface area contributed by atoms with Crippen LogP contribution in [-0.4, -0.2) is 42.4 Å². The third-order valence-electron chi connectivity index (χ3n) is 3.50. The number of carbonyl (C=O) groups excluding carboxylic acids is 2. The quantitative estimate of drug-likeness (QED) is 0.499. The van der Waals surface area contributed by atoms with Gasteiger partial charge in [-0.1, -0.05) is 12.1 Å². The average Bonchev–Trinajstić information content (AvgIpc) is 2.65. The minimum atomic E-state index is -0.922. The van der Waals surface area contributed by atoms with Gasteiger partial charge in [-0.25, -0.2) is 4.79 Å². The van der Waals surface area contributed by atoms with Gasteiger partial charge >= 0.3 is 5.97 Å². The first kappa shape index (κ1) is 17.4. The lowest BCUT2D eigenvalue weighted by atomic mass is 10.0. The van der Waals surface area contributed by atoms with Crippen LogP contribution in [0.2, 0.25) is 0 Å². The van der Waals surface area contributed by atoms with Crippen LogP contribution in [0.1, 0.15) is 19.4 Å². The molecule has 0 aromatic heterocycles. The van der Waals surface area contributed by atoms with Gasteiger partial charge in [-0.2, -0.15) is 0 Å². The van der Waals surface area contributed by atoms with Crippen molar-refractivity contribution in [1.29, 1.82) is 0 Å². The van der Waals surface area contributed by atoms with Crippen molar-refractivity contribution >= 4 is 23.3 Å². The average molecular weight is 333 g/mol. The van der Waals surface area contributed by atoms with Crippen molar-refractivity contribution < 1.29 is 29.3 Å². The second-order valence-corrected chi connectivity index (χ2v) is 4.94. The van der Waals surface area contributed by atoms with Gasteiger partial charge in [0.25, 0.3) is 11.9 Å². The second-order valence-electron chi connectivity index (χ2n) is 4.94. The zero-order chi connectivity index (χ0) is 17.9. The van der Waals surface area contributed by atoms with E-state index in [0.29, 0.717) is 5.69 Å². The van der Waals surface area contributed by atoms with Crippen LogP contribution < -0.4 is 4.90 Å². The van der Waals surface area contributed by atoms with Crippen LogP contribution in [0.5, 0.6) is 0 Å². The minimum absolute atomic E-state index is 0.0456. The van der Waals surface area contributed by atoms with Crippen LogP contribution in [0, 0.1) is 0 Å². The lowest BCUT2D eigenvalue weighted by Gasteiger charge is -2.18. The van der Waals surface area contributed by atoms with E-state index < -0.39 is 34.7 Å². The van der Waals surface area contributed by atoms with Crippen molar-refractivity contribution in [3.05, 3.63) is 46.9 Å². The van der Waals surface area contributed by atoms with Gasteiger partial charge in [0.15, 0.2) is 0 Å². The molecule has 0 spiro atoms. The lowest BCUT2D eigenvalue weighted by Crippen LogP contribution is -2.30. The van der Waals surface area contributed by atoms with Gasteiger partial charge in [0, 0.05) is 12.6 Å². The number of anilines is 1. The zero-order valence-electron chi connectivity index (χ0n) is 13.7. The van der Waals surface area contributed by atoms with E-state index in [0.717, 1.165) is 0 Å². The topological polar surface area (TPSA) is 96.3 Å². The number of esters is 1. The largest absolute Gasteiger partial charge is 0.506 e. The minimum Gasteiger partial charge on any atom is -0.506 e. The molecule has 0 radical (unpaired) electrons. The summed E-state index contributed by atoms with van der Waals surface area (Å²) in [5.74, 6) is -2.81. The molecule has 0 bridgehead atoms. The number of rotatable bonds is 4. The first-order chi connectivity index (χ1) is 11.4. The number of aliphatic hydroxyl groups is 2. The first-order valence-electron chi connectivity index (χ1n) is 7.48. The van der Waals surface area contributed by atoms with E-state index >= 15 is 0 Å². The van der Waals surface area contributed by atoms with Gasteiger partial charge in [0.05, 0.1) is 18.9 Å². The predicted molar refractivity (Wildman–Crippen MR) is 87.3 cm³/mol. The highest BCUT2D eigenvalue weighted by molar-refractivity contribution is 6.20. The van der Waals surface area contributed by atoms with Gasteiger partial charge in [0.2, 0.25) is 0 Å². The molecule has 0 aliphatic carbocycles. The SMILES string of the molecule is CCOC(=O)C1=C(O)c2ccccc2N(C)C(=O)/C1=C(/O)OCC. The van der Waals surface area contributed by atoms with Crippen molar-refractivity contribution in [2.24, 2.45) is 0 Å². The number of likely N-dealkylation sites (N-methyl/N-ethyl adjacent to an activating group) is 1. The number of amides is 1. The molecule has 2 rings (SSSR count). The monoisotopic (exact) mass is 333 g/mol. The molecule has 1 amide bonds. The Balaban J connectivity index is 2.81. The maximum absolute atomic E-state index is 12.8. The number of carbonyl (C=O) groups is 2. The highest BCUT2D eigenvalue weighted by Crippen LogP contribution is 2.36. The summed E-state index contributed by atoms with van der Waals surface area (Å²) in [5.41, 5.74) is -0.201. The van der Waals surface area contributed by atoms with Gasteiger partial charge in [-0.3, -0.25) is 4.79 Å². The molecule has 0 saturated carbocycles. The Hall–Kier alpha value is -2.96. The summed E-state index contributed by atoms with van der Waals surface area (Å²) < 4.78 is 9.93. The van der Waals surface area contributed by atoms with Crippen molar-refractivity contribution in [3.8, 4) is 0 Å². The molecule has 0 saturated heterocycles. The molecule has 7 nitrogen and oxygen atoms in total. The lowest BCUT2D eigenvalue weighted by molar-refractivity contribution is -0.138. The van der Waals surface area contributed by atoms with Gasteiger partial charge in [-0.05, 0) is 26.0 Å². The molecule has 1 aromatic carbocycles. The molecular weight excluding hydrogens is 314 g/mol. The van der Waals surface area contributed by atoms with E-state index in [2.05, 4.69) is 0 Å². The molecule has 2 N–H and O–H groups in total. The fourth-order valence-electron chi connectivity index (χ4n) is 2.41. The van der Waals surface area contributed by atoms with Crippen LogP contribution in [0.3, 0.4) is 0 Å². The predicted octanol–water partition coefficient (Wildman–Crippen LogP) is 2.30. The smallest absolute Gasteiger partial charge is 0.343 e. The van der Waals surface area contributed by atoms with E-state index in [1.807, 2.05) is 0 Å². The number of hydrogen-bond donors (Lipinski definition) is 2. The number of nitrogens with zero attached hydrogens (tertiary/aromatic N) is 1. The second kappa shape index (κ2) is 7.08. The summed E-state index contributed by atoms with van der Waals surface area (Å²) in [7, 11) is 1.47. The fraction of sp³-hybridized carbons (Fsp3) is 0.294. The number of hydrogen-bond acceptors (Lipinski definition) is 6. The third kappa shape index (κ3) is 2.92. The Morgan fingerprint density at radius 2 is 1.79 bits per heavy atom. The number of fused-ring (bicyclic) bond motifs is 1. The normalized spacial score (nSPS) is 16.5. The maximum Gasteiger partial charge on any atom is 0.343 e. The molecule has 0 fully saturated rings. The van der Waals surface area contributed by atoms with Crippen molar-refractivity contribution in [2.45, 2.75) is 13.8 Å². The molecular formula is C17H19NO6. The third-order valence-corrected chi connectivity index (χ3v) is 3.50. The molecule has 1 aromatic rings. The molecule has 1 heterocycles. The summed E-state index contributed by atoms with van der Waals surface area (Å²) in [6, 6.07) is 6.53. The zero-order valence-corrected chi connectivity index (χ0v) is 13.7. The summed E-state index contributed by atoms with van der Waals surface area (Å²) in [4.78, 5) is 26.3. The Morgan fingerprint density at radius 1 is 1.17 bits per heavy atom. The highest BCUT2D eigenvalue weighted by Gasteiger charge is 2.37. The standard InChI is InChI=1S/C17H19NO6/c1-4-23-16(21)12-13(17(22)24-5-2)15(20)18(3)11-9-7-6-8-10(11)14(12)19/h6-9,19,22H,4-5H2,1-3H3/b17-13-. The van der Waals surface area contributed by atoms with E-state index in [-0.39, 0.29) is 18.8 Å². The van der Waals surface area contributed by atoms with E-state index in [1.165, 1.54) is 11.9 Å². The van der Waals surface area contributed by atoms with Crippen molar-refractivity contribution in [2.75, 3.05) is 25.2 Å². The summed E-state index contributed by atoms with van der Waals surface area (Å²) >= 11 is 0. The molecule has 0 unspecified atom stereocenters. The van der Waals surface area contributed by atoms with Crippen LogP contribution in [-0.2, 0) is 19.1 Å². The molecule has 0 atom stereocenters. The fourth-order valence-corrected chi connectivity index (χ4v) is 2.41. The van der Waals surface area contributed by atoms with Crippen LogP contribution in [0.25, 0.3) is 5.76 Å². The van der Waals surface area contributed by atoms with Gasteiger partial charge in [-0.15, -0.1) is 0 Å². The van der Waals surface area contributed by atoms with E-state index in [1.54, 1.807) is 38.1 Å². The van der Waals surface area contributed by atoms with Crippen molar-refractivity contribution in [1.82, 2.24) is 0 Å². The van der Waals surface area contributed by atoms with Crippen molar-refractivity contribution in [3.63, 3.8) is 0 Å². The molecule has 7 heteroatoms. The molecule has 1 aliphatic rings. The number of aliphatic hydroxyl groups excluding tert-OH is 2. The Kier molecular flexibility index (Phi) is 5.13. The first-order valence-corrected chi connectivity index (χ1v) is 7.48. The Bertz CT molecular complexity index is 734. The number of ether oxygens (including phenoxy) is 2. The maximum atomic E-state index is 12.8. The number of benzene rings is 1.